The number of rotatable bonds is 3. The molecule has 1 aliphatic rings. The van der Waals surface area contributed by atoms with Gasteiger partial charge in [0, 0.05) is 17.7 Å². The summed E-state index contributed by atoms with van der Waals surface area (Å²) >= 11 is 0. The highest BCUT2D eigenvalue weighted by molar-refractivity contribution is 5.03. The first-order chi connectivity index (χ1) is 9.06. The Morgan fingerprint density at radius 3 is 3.05 bits per heavy atom. The first-order valence-electron chi connectivity index (χ1n) is 6.01. The van der Waals surface area contributed by atoms with Gasteiger partial charge in [-0.25, -0.2) is 4.79 Å². The van der Waals surface area contributed by atoms with Gasteiger partial charge in [0.1, 0.15) is 6.23 Å². The molecule has 2 heterocycles. The second-order valence-corrected chi connectivity index (χ2v) is 4.58. The van der Waals surface area contributed by atoms with Crippen LogP contribution in [0.25, 0.3) is 0 Å². The molecule has 1 aliphatic heterocycles. The van der Waals surface area contributed by atoms with Gasteiger partial charge in [0.05, 0.1) is 12.7 Å². The van der Waals surface area contributed by atoms with Crippen LogP contribution in [0.2, 0.25) is 0 Å². The topological polar surface area (TPSA) is 84.3 Å². The molecule has 3 atom stereocenters. The molecule has 0 bridgehead atoms. The Morgan fingerprint density at radius 2 is 2.42 bits per heavy atom. The average Bonchev–Trinajstić information content (AvgIpc) is 2.77. The molecule has 0 amide bonds. The van der Waals surface area contributed by atoms with E-state index in [9.17, 15) is 9.59 Å². The zero-order valence-corrected chi connectivity index (χ0v) is 10.6. The van der Waals surface area contributed by atoms with E-state index in [1.54, 1.807) is 13.0 Å². The first kappa shape index (κ1) is 13.5. The lowest BCUT2D eigenvalue weighted by Crippen LogP contribution is -2.35. The fourth-order valence-corrected chi connectivity index (χ4v) is 2.24. The van der Waals surface area contributed by atoms with Crippen molar-refractivity contribution in [3.8, 4) is 0 Å². The normalized spacial score (nSPS) is 26.1. The van der Waals surface area contributed by atoms with E-state index in [0.717, 1.165) is 0 Å². The van der Waals surface area contributed by atoms with Crippen molar-refractivity contribution in [3.05, 3.63) is 51.0 Å². The van der Waals surface area contributed by atoms with Crippen LogP contribution in [0.5, 0.6) is 0 Å². The van der Waals surface area contributed by atoms with Gasteiger partial charge in [-0.05, 0) is 19.4 Å². The first-order valence-corrected chi connectivity index (χ1v) is 6.01. The van der Waals surface area contributed by atoms with Crippen molar-refractivity contribution in [1.82, 2.24) is 9.55 Å². The summed E-state index contributed by atoms with van der Waals surface area (Å²) in [6.07, 6.45) is 2.87. The number of aliphatic hydroxyl groups excluding tert-OH is 1. The number of nitrogens with zero attached hydrogens (tertiary/aromatic N) is 1. The molecule has 0 saturated carbocycles. The number of aryl methyl sites for hydroxylation is 1. The van der Waals surface area contributed by atoms with E-state index in [4.69, 9.17) is 9.84 Å². The number of H-pyrrole nitrogens is 1. The zero-order chi connectivity index (χ0) is 14.0. The van der Waals surface area contributed by atoms with E-state index in [0.29, 0.717) is 12.0 Å². The SMILES string of the molecule is C=C=C[C@H]1C[C@@H](CO)O[C@H]1n1cc(C)c(=O)[nH]c1=O. The minimum Gasteiger partial charge on any atom is -0.394 e. The quantitative estimate of drug-likeness (QED) is 0.757. The highest BCUT2D eigenvalue weighted by Gasteiger charge is 2.35. The molecule has 19 heavy (non-hydrogen) atoms. The number of ether oxygens (including phenoxy) is 1. The molecule has 1 aromatic rings. The molecule has 1 fully saturated rings. The lowest BCUT2D eigenvalue weighted by molar-refractivity contribution is -0.0312. The molecular formula is C13H16N2O4. The minimum atomic E-state index is -0.561. The molecule has 0 aromatic carbocycles. The van der Waals surface area contributed by atoms with Gasteiger partial charge in [0.15, 0.2) is 0 Å². The zero-order valence-electron chi connectivity index (χ0n) is 10.6. The number of nitrogens with one attached hydrogen (secondary N) is 1. The highest BCUT2D eigenvalue weighted by atomic mass is 16.5. The van der Waals surface area contributed by atoms with Crippen molar-refractivity contribution in [3.63, 3.8) is 0 Å². The Balaban J connectivity index is 2.44. The van der Waals surface area contributed by atoms with Crippen LogP contribution in [0.15, 0.2) is 34.2 Å². The van der Waals surface area contributed by atoms with Crippen molar-refractivity contribution in [1.29, 1.82) is 0 Å². The van der Waals surface area contributed by atoms with Gasteiger partial charge in [-0.3, -0.25) is 14.3 Å². The van der Waals surface area contributed by atoms with E-state index in [1.165, 1.54) is 10.8 Å². The van der Waals surface area contributed by atoms with E-state index < -0.39 is 17.5 Å². The number of aromatic nitrogens is 2. The molecule has 1 aromatic heterocycles. The molecule has 102 valence electrons. The molecule has 2 N–H and O–H groups in total. The Hall–Kier alpha value is -1.88. The van der Waals surface area contributed by atoms with E-state index in [-0.39, 0.29) is 18.6 Å². The van der Waals surface area contributed by atoms with Crippen LogP contribution < -0.4 is 11.2 Å². The van der Waals surface area contributed by atoms with Gasteiger partial charge in [-0.15, -0.1) is 5.73 Å². The fraction of sp³-hybridized carbons (Fsp3) is 0.462. The number of hydrogen-bond acceptors (Lipinski definition) is 4. The van der Waals surface area contributed by atoms with Crippen molar-refractivity contribution < 1.29 is 9.84 Å². The number of aromatic amines is 1. The molecule has 6 heteroatoms. The van der Waals surface area contributed by atoms with Gasteiger partial charge < -0.3 is 9.84 Å². The third-order valence-corrected chi connectivity index (χ3v) is 3.19. The van der Waals surface area contributed by atoms with Crippen LogP contribution in [0.1, 0.15) is 18.2 Å². The summed E-state index contributed by atoms with van der Waals surface area (Å²) in [6, 6.07) is 0. The Morgan fingerprint density at radius 1 is 1.68 bits per heavy atom. The van der Waals surface area contributed by atoms with E-state index >= 15 is 0 Å². The molecule has 1 saturated heterocycles. The van der Waals surface area contributed by atoms with E-state index in [2.05, 4.69) is 17.3 Å². The predicted molar refractivity (Wildman–Crippen MR) is 68.9 cm³/mol. The molecule has 0 radical (unpaired) electrons. The Bertz CT molecular complexity index is 624. The summed E-state index contributed by atoms with van der Waals surface area (Å²) < 4.78 is 6.97. The minimum absolute atomic E-state index is 0.113. The van der Waals surface area contributed by atoms with Crippen molar-refractivity contribution in [2.24, 2.45) is 5.92 Å². The summed E-state index contributed by atoms with van der Waals surface area (Å²) in [5.41, 5.74) is 2.17. The maximum atomic E-state index is 11.8. The van der Waals surface area contributed by atoms with Crippen LogP contribution in [0.4, 0.5) is 0 Å². The molecule has 0 aliphatic carbocycles. The predicted octanol–water partition coefficient (Wildman–Crippen LogP) is 0.0821. The second kappa shape index (κ2) is 5.40. The Kier molecular flexibility index (Phi) is 3.85. The van der Waals surface area contributed by atoms with Gasteiger partial charge >= 0.3 is 5.69 Å². The lowest BCUT2D eigenvalue weighted by Gasteiger charge is -2.18. The van der Waals surface area contributed by atoms with Crippen LogP contribution >= 0.6 is 0 Å². The summed E-state index contributed by atoms with van der Waals surface area (Å²) in [6.45, 7) is 5.01. The largest absolute Gasteiger partial charge is 0.394 e. The number of aliphatic hydroxyl groups is 1. The third-order valence-electron chi connectivity index (χ3n) is 3.19. The van der Waals surface area contributed by atoms with Crippen molar-refractivity contribution in [2.75, 3.05) is 6.61 Å². The number of hydrogen-bond donors (Lipinski definition) is 2. The smallest absolute Gasteiger partial charge is 0.330 e. The maximum Gasteiger partial charge on any atom is 0.330 e. The van der Waals surface area contributed by atoms with Crippen molar-refractivity contribution in [2.45, 2.75) is 25.7 Å². The fourth-order valence-electron chi connectivity index (χ4n) is 2.24. The third kappa shape index (κ3) is 2.61. The lowest BCUT2D eigenvalue weighted by atomic mass is 10.0. The van der Waals surface area contributed by atoms with Crippen LogP contribution in [0.3, 0.4) is 0 Å². The summed E-state index contributed by atoms with van der Waals surface area (Å²) in [4.78, 5) is 25.4. The van der Waals surface area contributed by atoms with E-state index in [1.807, 2.05) is 0 Å². The molecule has 0 unspecified atom stereocenters. The molecular weight excluding hydrogens is 248 g/mol. The van der Waals surface area contributed by atoms with Gasteiger partial charge in [0.2, 0.25) is 0 Å². The summed E-state index contributed by atoms with van der Waals surface area (Å²) in [7, 11) is 0. The maximum absolute atomic E-state index is 11.8. The Labute approximate surface area is 109 Å². The monoisotopic (exact) mass is 264 g/mol. The molecule has 0 spiro atoms. The van der Waals surface area contributed by atoms with Crippen LogP contribution in [-0.2, 0) is 4.74 Å². The van der Waals surface area contributed by atoms with Gasteiger partial charge in [-0.2, -0.15) is 0 Å². The average molecular weight is 264 g/mol. The standard InChI is InChI=1S/C13H16N2O4/c1-3-4-9-5-10(7-16)19-12(9)15-6-8(2)11(17)14-13(15)18/h4,6,9-10,12,16H,1,5,7H2,2H3,(H,14,17,18)/t9-,10-,12+/m0/s1. The van der Waals surface area contributed by atoms with Gasteiger partial charge in [0.25, 0.3) is 5.56 Å². The molecule has 6 nitrogen and oxygen atoms in total. The second-order valence-electron chi connectivity index (χ2n) is 4.58. The molecule has 2 rings (SSSR count). The van der Waals surface area contributed by atoms with Crippen molar-refractivity contribution >= 4 is 0 Å². The van der Waals surface area contributed by atoms with Crippen LogP contribution in [-0.4, -0.2) is 27.4 Å². The van der Waals surface area contributed by atoms with Gasteiger partial charge in [-0.1, -0.05) is 6.58 Å². The highest BCUT2D eigenvalue weighted by Crippen LogP contribution is 2.34. The summed E-state index contributed by atoms with van der Waals surface area (Å²) in [5, 5.41) is 9.16. The summed E-state index contributed by atoms with van der Waals surface area (Å²) in [5.74, 6) is -0.113. The van der Waals surface area contributed by atoms with Crippen LogP contribution in [0, 0.1) is 12.8 Å².